The highest BCUT2D eigenvalue weighted by atomic mass is 32.2. The van der Waals surface area contributed by atoms with Crippen LogP contribution < -0.4 is 4.90 Å². The van der Waals surface area contributed by atoms with Gasteiger partial charge in [-0.25, -0.2) is 0 Å². The fourth-order valence-electron chi connectivity index (χ4n) is 5.21. The van der Waals surface area contributed by atoms with E-state index in [0.717, 1.165) is 66.7 Å². The van der Waals surface area contributed by atoms with Crippen LogP contribution in [0.5, 0.6) is 0 Å². The van der Waals surface area contributed by atoms with Gasteiger partial charge >= 0.3 is 6.18 Å². The largest absolute Gasteiger partial charge is 0.485 e. The highest BCUT2D eigenvalue weighted by Crippen LogP contribution is 2.49. The monoisotopic (exact) mass is 585 g/mol. The average molecular weight is 586 g/mol. The van der Waals surface area contributed by atoms with Crippen LogP contribution in [0.25, 0.3) is 0 Å². The van der Waals surface area contributed by atoms with Crippen molar-refractivity contribution in [2.45, 2.75) is 35.2 Å². The lowest BCUT2D eigenvalue weighted by Crippen LogP contribution is -2.47. The first-order valence-electron chi connectivity index (χ1n) is 13.7. The Morgan fingerprint density at radius 1 is 0.850 bits per heavy atom. The first kappa shape index (κ1) is 28.9. The van der Waals surface area contributed by atoms with Crippen LogP contribution in [0, 0.1) is 0 Å². The predicted octanol–water partition coefficient (Wildman–Crippen LogP) is 7.46. The number of ether oxygens (including phenoxy) is 1. The molecule has 40 heavy (non-hydrogen) atoms. The number of anilines is 2. The van der Waals surface area contributed by atoms with Gasteiger partial charge in [-0.3, -0.25) is 4.90 Å². The molecule has 1 fully saturated rings. The smallest absolute Gasteiger partial charge is 0.416 e. The van der Waals surface area contributed by atoms with Gasteiger partial charge in [-0.2, -0.15) is 13.2 Å². The Labute approximate surface area is 244 Å². The molecular formula is C31H34F3N3OS2. The molecule has 2 heterocycles. The summed E-state index contributed by atoms with van der Waals surface area (Å²) in [5.74, 6) is 0.0885. The van der Waals surface area contributed by atoms with Gasteiger partial charge in [-0.15, -0.1) is 0 Å². The lowest BCUT2D eigenvalue weighted by molar-refractivity contribution is -0.137. The minimum atomic E-state index is -4.36. The van der Waals surface area contributed by atoms with E-state index in [-0.39, 0.29) is 5.92 Å². The Morgan fingerprint density at radius 2 is 1.50 bits per heavy atom. The van der Waals surface area contributed by atoms with E-state index in [1.54, 1.807) is 6.07 Å². The Balaban J connectivity index is 1.09. The summed E-state index contributed by atoms with van der Waals surface area (Å²) in [6.07, 6.45) is -3.50. The van der Waals surface area contributed by atoms with E-state index in [2.05, 4.69) is 33.8 Å². The Kier molecular flexibility index (Phi) is 9.35. The van der Waals surface area contributed by atoms with Crippen molar-refractivity contribution < 1.29 is 17.9 Å². The number of para-hydroxylation sites is 1. The Bertz CT molecular complexity index is 1300. The van der Waals surface area contributed by atoms with Gasteiger partial charge in [-0.05, 0) is 61.1 Å². The fourth-order valence-corrected chi connectivity index (χ4v) is 6.51. The lowest BCUT2D eigenvalue weighted by atomic mass is 10.0. The first-order valence-corrected chi connectivity index (χ1v) is 14.9. The summed E-state index contributed by atoms with van der Waals surface area (Å²) in [4.78, 5) is 8.84. The van der Waals surface area contributed by atoms with E-state index in [9.17, 15) is 13.2 Å². The number of hydrogen-bond donors (Lipinski definition) is 0. The molecule has 0 spiro atoms. The summed E-state index contributed by atoms with van der Waals surface area (Å²) >= 11 is 7.04. The maximum absolute atomic E-state index is 13.5. The second-order valence-corrected chi connectivity index (χ2v) is 11.7. The molecule has 3 aromatic carbocycles. The minimum absolute atomic E-state index is 0.0885. The number of halogens is 3. The van der Waals surface area contributed by atoms with Gasteiger partial charge in [-0.1, -0.05) is 61.2 Å². The Hall–Kier alpha value is -2.59. The maximum atomic E-state index is 13.5. The number of fused-ring (bicyclic) bond motifs is 2. The van der Waals surface area contributed by atoms with Crippen LogP contribution in [0.15, 0.2) is 82.6 Å². The standard InChI is InChI=1S/C31H34F3N3OS2/c1-23(24-8-3-2-4-9-24)30(39)38-21-20-36-18-16-35(17-19-36)14-7-15-37-26-10-5-6-11-28(26)40-29-13-12-25(22-27(29)37)31(32,33)34/h2-6,8-13,22-23H,7,14-21H2,1H3. The second kappa shape index (κ2) is 12.9. The number of benzene rings is 3. The van der Waals surface area contributed by atoms with Crippen LogP contribution in [0.1, 0.15) is 30.4 Å². The van der Waals surface area contributed by atoms with Gasteiger partial charge in [0.2, 0.25) is 0 Å². The molecule has 2 aliphatic heterocycles. The van der Waals surface area contributed by atoms with Crippen molar-refractivity contribution in [1.82, 2.24) is 9.80 Å². The van der Waals surface area contributed by atoms with E-state index >= 15 is 0 Å². The molecule has 0 bridgehead atoms. The summed E-state index contributed by atoms with van der Waals surface area (Å²) in [7, 11) is 0. The Morgan fingerprint density at radius 3 is 2.23 bits per heavy atom. The quantitative estimate of drug-likeness (QED) is 0.241. The molecule has 0 N–H and O–H groups in total. The van der Waals surface area contributed by atoms with Gasteiger partial charge in [0.25, 0.3) is 0 Å². The SMILES string of the molecule is CC(C(=S)OCCN1CCN(CCCN2c3ccccc3Sc3ccc(C(F)(F)F)cc32)CC1)c1ccccc1. The summed E-state index contributed by atoms with van der Waals surface area (Å²) < 4.78 is 46.3. The van der Waals surface area contributed by atoms with Crippen molar-refractivity contribution in [3.05, 3.63) is 83.9 Å². The van der Waals surface area contributed by atoms with Crippen LogP contribution in [0.4, 0.5) is 24.5 Å². The highest BCUT2D eigenvalue weighted by Gasteiger charge is 2.33. The molecule has 0 saturated carbocycles. The maximum Gasteiger partial charge on any atom is 0.416 e. The van der Waals surface area contributed by atoms with Gasteiger partial charge in [0.15, 0.2) is 5.05 Å². The third-order valence-electron chi connectivity index (χ3n) is 7.58. The number of nitrogens with zero attached hydrogens (tertiary/aromatic N) is 3. The van der Waals surface area contributed by atoms with Gasteiger partial charge < -0.3 is 14.5 Å². The van der Waals surface area contributed by atoms with E-state index in [1.807, 2.05) is 42.5 Å². The fraction of sp³-hybridized carbons (Fsp3) is 0.387. The van der Waals surface area contributed by atoms with Crippen LogP contribution in [0.3, 0.4) is 0 Å². The van der Waals surface area contributed by atoms with Crippen molar-refractivity contribution in [1.29, 1.82) is 0 Å². The zero-order valence-corrected chi connectivity index (χ0v) is 24.2. The first-order chi connectivity index (χ1) is 19.3. The van der Waals surface area contributed by atoms with Gasteiger partial charge in [0.05, 0.1) is 16.9 Å². The molecule has 9 heteroatoms. The van der Waals surface area contributed by atoms with Gasteiger partial charge in [0, 0.05) is 55.0 Å². The van der Waals surface area contributed by atoms with Crippen LogP contribution >= 0.6 is 24.0 Å². The zero-order valence-electron chi connectivity index (χ0n) is 22.6. The topological polar surface area (TPSA) is 19.0 Å². The highest BCUT2D eigenvalue weighted by molar-refractivity contribution is 7.99. The molecule has 4 nitrogen and oxygen atoms in total. The molecule has 1 atom stereocenters. The molecule has 5 rings (SSSR count). The van der Waals surface area contributed by atoms with E-state index in [0.29, 0.717) is 23.9 Å². The van der Waals surface area contributed by atoms with Crippen LogP contribution in [-0.4, -0.2) is 67.3 Å². The molecule has 1 saturated heterocycles. The molecule has 0 aliphatic carbocycles. The summed E-state index contributed by atoms with van der Waals surface area (Å²) in [6, 6.07) is 22.2. The molecule has 212 valence electrons. The number of hydrogen-bond acceptors (Lipinski definition) is 6. The van der Waals surface area contributed by atoms with Crippen molar-refractivity contribution in [2.75, 3.05) is 57.3 Å². The molecule has 0 radical (unpaired) electrons. The van der Waals surface area contributed by atoms with E-state index < -0.39 is 11.7 Å². The van der Waals surface area contributed by atoms with E-state index in [4.69, 9.17) is 17.0 Å². The number of rotatable bonds is 9. The van der Waals surface area contributed by atoms with Crippen molar-refractivity contribution in [3.8, 4) is 0 Å². The van der Waals surface area contributed by atoms with Crippen molar-refractivity contribution >= 4 is 40.4 Å². The minimum Gasteiger partial charge on any atom is -0.485 e. The summed E-state index contributed by atoms with van der Waals surface area (Å²) in [6.45, 7) is 8.93. The normalized spacial score (nSPS) is 16.8. The molecule has 3 aromatic rings. The van der Waals surface area contributed by atoms with E-state index in [1.165, 1.54) is 23.9 Å². The van der Waals surface area contributed by atoms with Crippen LogP contribution in [0.2, 0.25) is 0 Å². The zero-order chi connectivity index (χ0) is 28.1. The van der Waals surface area contributed by atoms with Gasteiger partial charge in [0.1, 0.15) is 6.61 Å². The number of thiocarbonyl (C=S) groups is 1. The summed E-state index contributed by atoms with van der Waals surface area (Å²) in [5, 5.41) is 0.631. The predicted molar refractivity (Wildman–Crippen MR) is 160 cm³/mol. The number of piperazine rings is 1. The average Bonchev–Trinajstić information content (AvgIpc) is 2.97. The molecular weight excluding hydrogens is 551 g/mol. The molecule has 1 unspecified atom stereocenters. The third-order valence-corrected chi connectivity index (χ3v) is 9.18. The lowest BCUT2D eigenvalue weighted by Gasteiger charge is -2.36. The molecule has 0 amide bonds. The molecule has 2 aliphatic rings. The van der Waals surface area contributed by atoms with Crippen molar-refractivity contribution in [3.63, 3.8) is 0 Å². The third kappa shape index (κ3) is 7.00. The summed E-state index contributed by atoms with van der Waals surface area (Å²) in [5.41, 5.74) is 2.18. The van der Waals surface area contributed by atoms with Crippen molar-refractivity contribution in [2.24, 2.45) is 0 Å². The molecule has 0 aromatic heterocycles. The second-order valence-electron chi connectivity index (χ2n) is 10.2. The number of alkyl halides is 3. The van der Waals surface area contributed by atoms with Crippen LogP contribution in [-0.2, 0) is 10.9 Å².